The molecule has 1 aromatic carbocycles. The Labute approximate surface area is 123 Å². The SMILES string of the molecule is CC(Sc1ccccc1C(=O)NCC1CCC1)C(=O)O. The number of nitrogens with one attached hydrogen (secondary N) is 1. The van der Waals surface area contributed by atoms with Crippen molar-refractivity contribution >= 4 is 23.6 Å². The maximum Gasteiger partial charge on any atom is 0.316 e. The highest BCUT2D eigenvalue weighted by Crippen LogP contribution is 2.28. The van der Waals surface area contributed by atoms with Crippen LogP contribution in [0.15, 0.2) is 29.2 Å². The van der Waals surface area contributed by atoms with E-state index in [9.17, 15) is 9.59 Å². The number of hydrogen-bond acceptors (Lipinski definition) is 3. The van der Waals surface area contributed by atoms with Crippen molar-refractivity contribution < 1.29 is 14.7 Å². The fraction of sp³-hybridized carbons (Fsp3) is 0.467. The minimum absolute atomic E-state index is 0.113. The van der Waals surface area contributed by atoms with Gasteiger partial charge in [0.25, 0.3) is 5.91 Å². The summed E-state index contributed by atoms with van der Waals surface area (Å²) in [7, 11) is 0. The van der Waals surface area contributed by atoms with E-state index in [-0.39, 0.29) is 5.91 Å². The van der Waals surface area contributed by atoms with Gasteiger partial charge in [0.1, 0.15) is 5.25 Å². The van der Waals surface area contributed by atoms with E-state index in [4.69, 9.17) is 5.11 Å². The molecule has 0 aliphatic heterocycles. The topological polar surface area (TPSA) is 66.4 Å². The first-order valence-corrected chi connectivity index (χ1v) is 7.72. The molecule has 1 aromatic rings. The van der Waals surface area contributed by atoms with Crippen molar-refractivity contribution in [3.63, 3.8) is 0 Å². The third kappa shape index (κ3) is 3.76. The molecule has 0 saturated heterocycles. The molecule has 4 nitrogen and oxygen atoms in total. The molecule has 1 aliphatic carbocycles. The predicted molar refractivity (Wildman–Crippen MR) is 79.1 cm³/mol. The zero-order valence-electron chi connectivity index (χ0n) is 11.5. The molecular formula is C15H19NO3S. The van der Waals surface area contributed by atoms with Gasteiger partial charge in [-0.05, 0) is 37.8 Å². The number of carboxylic acid groups (broad SMARTS) is 1. The first kappa shape index (κ1) is 14.9. The number of carbonyl (C=O) groups is 2. The van der Waals surface area contributed by atoms with Crippen LogP contribution < -0.4 is 5.32 Å². The Bertz CT molecular complexity index is 500. The minimum Gasteiger partial charge on any atom is -0.480 e. The molecule has 0 bridgehead atoms. The Balaban J connectivity index is 2.01. The normalized spacial score (nSPS) is 16.2. The molecule has 2 N–H and O–H groups in total. The summed E-state index contributed by atoms with van der Waals surface area (Å²) in [6, 6.07) is 7.16. The van der Waals surface area contributed by atoms with Crippen LogP contribution in [0.5, 0.6) is 0 Å². The molecule has 1 amide bonds. The van der Waals surface area contributed by atoms with Gasteiger partial charge in [-0.25, -0.2) is 0 Å². The molecule has 0 radical (unpaired) electrons. The standard InChI is InChI=1S/C15H19NO3S/c1-10(15(18)19)20-13-8-3-2-7-12(13)14(17)16-9-11-5-4-6-11/h2-3,7-8,10-11H,4-6,9H2,1H3,(H,16,17)(H,18,19). The Morgan fingerprint density at radius 2 is 2.10 bits per heavy atom. The monoisotopic (exact) mass is 293 g/mol. The fourth-order valence-corrected chi connectivity index (χ4v) is 2.95. The third-order valence-electron chi connectivity index (χ3n) is 3.56. The number of thioether (sulfide) groups is 1. The molecule has 108 valence electrons. The van der Waals surface area contributed by atoms with E-state index in [1.807, 2.05) is 6.07 Å². The average Bonchev–Trinajstić information content (AvgIpc) is 2.37. The Hall–Kier alpha value is -1.49. The van der Waals surface area contributed by atoms with Gasteiger partial charge in [0, 0.05) is 11.4 Å². The smallest absolute Gasteiger partial charge is 0.316 e. The van der Waals surface area contributed by atoms with Gasteiger partial charge in [0.2, 0.25) is 0 Å². The lowest BCUT2D eigenvalue weighted by Gasteiger charge is -2.25. The zero-order valence-corrected chi connectivity index (χ0v) is 12.3. The van der Waals surface area contributed by atoms with Crippen molar-refractivity contribution in [3.8, 4) is 0 Å². The number of aliphatic carboxylic acids is 1. The average molecular weight is 293 g/mol. The largest absolute Gasteiger partial charge is 0.480 e. The molecule has 1 saturated carbocycles. The van der Waals surface area contributed by atoms with E-state index in [2.05, 4.69) is 5.32 Å². The van der Waals surface area contributed by atoms with Crippen molar-refractivity contribution in [2.75, 3.05) is 6.54 Å². The van der Waals surface area contributed by atoms with Gasteiger partial charge < -0.3 is 10.4 Å². The van der Waals surface area contributed by atoms with Crippen LogP contribution in [-0.2, 0) is 4.79 Å². The Kier molecular flexibility index (Phi) is 5.06. The number of amides is 1. The number of carbonyl (C=O) groups excluding carboxylic acids is 1. The van der Waals surface area contributed by atoms with Gasteiger partial charge >= 0.3 is 5.97 Å². The van der Waals surface area contributed by atoms with E-state index < -0.39 is 11.2 Å². The van der Waals surface area contributed by atoms with E-state index >= 15 is 0 Å². The van der Waals surface area contributed by atoms with Crippen molar-refractivity contribution in [1.82, 2.24) is 5.32 Å². The van der Waals surface area contributed by atoms with Crippen molar-refractivity contribution in [3.05, 3.63) is 29.8 Å². The maximum atomic E-state index is 12.2. The van der Waals surface area contributed by atoms with Crippen LogP contribution >= 0.6 is 11.8 Å². The lowest BCUT2D eigenvalue weighted by molar-refractivity contribution is -0.136. The number of hydrogen-bond donors (Lipinski definition) is 2. The summed E-state index contributed by atoms with van der Waals surface area (Å²) < 4.78 is 0. The molecule has 1 atom stereocenters. The number of rotatable bonds is 6. The second-order valence-corrected chi connectivity index (χ2v) is 6.48. The predicted octanol–water partition coefficient (Wildman–Crippen LogP) is 2.78. The molecule has 1 unspecified atom stereocenters. The lowest BCUT2D eigenvalue weighted by Crippen LogP contribution is -2.32. The van der Waals surface area contributed by atoms with Gasteiger partial charge in [-0.15, -0.1) is 11.8 Å². The number of benzene rings is 1. The summed E-state index contributed by atoms with van der Waals surface area (Å²) >= 11 is 1.20. The first-order chi connectivity index (χ1) is 9.58. The maximum absolute atomic E-state index is 12.2. The van der Waals surface area contributed by atoms with Crippen molar-refractivity contribution in [2.24, 2.45) is 5.92 Å². The Morgan fingerprint density at radius 3 is 2.70 bits per heavy atom. The molecule has 20 heavy (non-hydrogen) atoms. The summed E-state index contributed by atoms with van der Waals surface area (Å²) in [6.45, 7) is 2.34. The molecule has 0 heterocycles. The van der Waals surface area contributed by atoms with Crippen LogP contribution in [0.3, 0.4) is 0 Å². The van der Waals surface area contributed by atoms with Gasteiger partial charge in [-0.3, -0.25) is 9.59 Å². The van der Waals surface area contributed by atoms with Gasteiger partial charge in [0.05, 0.1) is 5.56 Å². The van der Waals surface area contributed by atoms with Crippen LogP contribution in [0.25, 0.3) is 0 Å². The lowest BCUT2D eigenvalue weighted by atomic mass is 9.85. The molecule has 0 spiro atoms. The van der Waals surface area contributed by atoms with E-state index in [0.29, 0.717) is 22.9 Å². The summed E-state index contributed by atoms with van der Waals surface area (Å²) in [4.78, 5) is 23.8. The Morgan fingerprint density at radius 1 is 1.40 bits per heavy atom. The van der Waals surface area contributed by atoms with Crippen molar-refractivity contribution in [2.45, 2.75) is 36.3 Å². The molecular weight excluding hydrogens is 274 g/mol. The quantitative estimate of drug-likeness (QED) is 0.792. The zero-order chi connectivity index (χ0) is 14.5. The third-order valence-corrected chi connectivity index (χ3v) is 4.72. The first-order valence-electron chi connectivity index (χ1n) is 6.84. The van der Waals surface area contributed by atoms with E-state index in [0.717, 1.165) is 0 Å². The van der Waals surface area contributed by atoms with Crippen LogP contribution in [0, 0.1) is 5.92 Å². The highest BCUT2D eigenvalue weighted by Gasteiger charge is 2.20. The fourth-order valence-electron chi connectivity index (χ4n) is 2.03. The van der Waals surface area contributed by atoms with Crippen LogP contribution in [0.2, 0.25) is 0 Å². The summed E-state index contributed by atoms with van der Waals surface area (Å²) in [5.41, 5.74) is 0.560. The summed E-state index contributed by atoms with van der Waals surface area (Å²) in [5, 5.41) is 11.3. The highest BCUT2D eigenvalue weighted by atomic mass is 32.2. The molecule has 5 heteroatoms. The van der Waals surface area contributed by atoms with Crippen LogP contribution in [-0.4, -0.2) is 28.8 Å². The van der Waals surface area contributed by atoms with Crippen LogP contribution in [0.4, 0.5) is 0 Å². The van der Waals surface area contributed by atoms with Gasteiger partial charge in [0.15, 0.2) is 0 Å². The second-order valence-electron chi connectivity index (χ2n) is 5.10. The van der Waals surface area contributed by atoms with E-state index in [1.54, 1.807) is 25.1 Å². The van der Waals surface area contributed by atoms with Crippen LogP contribution in [0.1, 0.15) is 36.5 Å². The molecule has 2 rings (SSSR count). The summed E-state index contributed by atoms with van der Waals surface area (Å²) in [6.07, 6.45) is 3.63. The molecule has 1 aliphatic rings. The highest BCUT2D eigenvalue weighted by molar-refractivity contribution is 8.00. The molecule has 0 aromatic heterocycles. The van der Waals surface area contributed by atoms with Gasteiger partial charge in [-0.1, -0.05) is 18.6 Å². The minimum atomic E-state index is -0.875. The van der Waals surface area contributed by atoms with E-state index in [1.165, 1.54) is 31.0 Å². The molecule has 1 fully saturated rings. The van der Waals surface area contributed by atoms with Gasteiger partial charge in [-0.2, -0.15) is 0 Å². The number of carboxylic acids is 1. The van der Waals surface area contributed by atoms with Crippen molar-refractivity contribution in [1.29, 1.82) is 0 Å². The second kappa shape index (κ2) is 6.79. The summed E-state index contributed by atoms with van der Waals surface area (Å²) in [5.74, 6) is -0.381.